The summed E-state index contributed by atoms with van der Waals surface area (Å²) in [5.41, 5.74) is 7.71. The maximum atomic E-state index is 12.3. The lowest BCUT2D eigenvalue weighted by atomic mass is 10.0. The average molecular weight is 294 g/mol. The topological polar surface area (TPSA) is 32.3 Å². The molecule has 1 aliphatic rings. The van der Waals surface area contributed by atoms with E-state index < -0.39 is 0 Å². The minimum atomic E-state index is -0.0255. The van der Waals surface area contributed by atoms with Crippen molar-refractivity contribution in [2.24, 2.45) is 0 Å². The highest BCUT2D eigenvalue weighted by atomic mass is 16.2. The second kappa shape index (κ2) is 6.75. The van der Waals surface area contributed by atoms with Crippen LogP contribution in [0.3, 0.4) is 0 Å². The number of nitrogens with zero attached hydrogens (tertiary/aromatic N) is 1. The van der Waals surface area contributed by atoms with Gasteiger partial charge in [0.15, 0.2) is 0 Å². The van der Waals surface area contributed by atoms with Crippen molar-refractivity contribution in [3.8, 4) is 0 Å². The molecule has 3 nitrogen and oxygen atoms in total. The van der Waals surface area contributed by atoms with Gasteiger partial charge in [0.25, 0.3) is 5.91 Å². The number of rotatable bonds is 4. The Bertz CT molecular complexity index is 649. The van der Waals surface area contributed by atoms with Gasteiger partial charge in [0, 0.05) is 18.7 Å². The number of nitrogens with one attached hydrogen (secondary N) is 1. The Morgan fingerprint density at radius 1 is 1.09 bits per heavy atom. The molecule has 22 heavy (non-hydrogen) atoms. The van der Waals surface area contributed by atoms with E-state index in [2.05, 4.69) is 36.6 Å². The van der Waals surface area contributed by atoms with Gasteiger partial charge in [-0.05, 0) is 41.7 Å². The van der Waals surface area contributed by atoms with Gasteiger partial charge < -0.3 is 0 Å². The van der Waals surface area contributed by atoms with Crippen molar-refractivity contribution < 1.29 is 4.79 Å². The summed E-state index contributed by atoms with van der Waals surface area (Å²) in [6, 6.07) is 16.3. The zero-order valence-electron chi connectivity index (χ0n) is 13.0. The van der Waals surface area contributed by atoms with Gasteiger partial charge in [-0.3, -0.25) is 10.2 Å². The summed E-state index contributed by atoms with van der Waals surface area (Å²) in [4.78, 5) is 12.3. The van der Waals surface area contributed by atoms with E-state index in [-0.39, 0.29) is 5.91 Å². The third-order valence-electron chi connectivity index (χ3n) is 4.15. The van der Waals surface area contributed by atoms with Crippen LogP contribution in [-0.4, -0.2) is 17.5 Å². The molecule has 0 fully saturated rings. The predicted molar refractivity (Wildman–Crippen MR) is 88.5 cm³/mol. The zero-order valence-corrected chi connectivity index (χ0v) is 13.0. The fourth-order valence-electron chi connectivity index (χ4n) is 2.91. The van der Waals surface area contributed by atoms with Crippen LogP contribution in [0.2, 0.25) is 0 Å². The van der Waals surface area contributed by atoms with Crippen LogP contribution in [0.4, 0.5) is 0 Å². The first-order valence-corrected chi connectivity index (χ1v) is 7.98. The smallest absolute Gasteiger partial charge is 0.265 e. The molecule has 3 rings (SSSR count). The molecule has 0 aliphatic carbocycles. The van der Waals surface area contributed by atoms with Crippen LogP contribution in [0.25, 0.3) is 0 Å². The minimum Gasteiger partial charge on any atom is -0.284 e. The van der Waals surface area contributed by atoms with Crippen molar-refractivity contribution in [1.29, 1.82) is 0 Å². The molecular weight excluding hydrogens is 272 g/mol. The minimum absolute atomic E-state index is 0.0255. The first kappa shape index (κ1) is 14.8. The van der Waals surface area contributed by atoms with Crippen LogP contribution >= 0.6 is 0 Å². The van der Waals surface area contributed by atoms with Crippen LogP contribution in [-0.2, 0) is 19.4 Å². The number of carbonyl (C=O) groups is 1. The van der Waals surface area contributed by atoms with E-state index in [0.717, 1.165) is 37.9 Å². The van der Waals surface area contributed by atoms with Crippen molar-refractivity contribution in [2.75, 3.05) is 6.54 Å². The molecular formula is C19H22N2O. The number of hydrogen-bond acceptors (Lipinski definition) is 2. The summed E-state index contributed by atoms with van der Waals surface area (Å²) in [5, 5.41) is 2.00. The highest BCUT2D eigenvalue weighted by Crippen LogP contribution is 2.17. The third kappa shape index (κ3) is 3.37. The van der Waals surface area contributed by atoms with Crippen LogP contribution < -0.4 is 5.43 Å². The third-order valence-corrected chi connectivity index (χ3v) is 4.15. The zero-order chi connectivity index (χ0) is 15.4. The van der Waals surface area contributed by atoms with Gasteiger partial charge in [-0.1, -0.05) is 49.7 Å². The van der Waals surface area contributed by atoms with Crippen molar-refractivity contribution in [2.45, 2.75) is 32.7 Å². The van der Waals surface area contributed by atoms with Crippen LogP contribution in [0, 0.1) is 0 Å². The largest absolute Gasteiger partial charge is 0.284 e. The molecule has 2 aromatic carbocycles. The predicted octanol–water partition coefficient (Wildman–Crippen LogP) is 3.34. The van der Waals surface area contributed by atoms with Gasteiger partial charge in [-0.2, -0.15) is 0 Å². The molecule has 0 unspecified atom stereocenters. The van der Waals surface area contributed by atoms with E-state index in [1.807, 2.05) is 29.3 Å². The van der Waals surface area contributed by atoms with Gasteiger partial charge in [0.05, 0.1) is 0 Å². The number of aryl methyl sites for hydroxylation is 1. The lowest BCUT2D eigenvalue weighted by Crippen LogP contribution is -2.44. The Morgan fingerprint density at radius 2 is 1.82 bits per heavy atom. The Hall–Kier alpha value is -2.13. The van der Waals surface area contributed by atoms with E-state index >= 15 is 0 Å². The molecule has 1 amide bonds. The second-order valence-corrected chi connectivity index (χ2v) is 5.83. The molecule has 114 valence electrons. The molecule has 0 spiro atoms. The molecule has 1 N–H and O–H groups in total. The number of fused-ring (bicyclic) bond motifs is 1. The highest BCUT2D eigenvalue weighted by molar-refractivity contribution is 5.93. The van der Waals surface area contributed by atoms with Gasteiger partial charge in [0.2, 0.25) is 0 Å². The van der Waals surface area contributed by atoms with E-state index in [1.165, 1.54) is 16.7 Å². The molecule has 0 aromatic heterocycles. The van der Waals surface area contributed by atoms with E-state index in [1.54, 1.807) is 0 Å². The summed E-state index contributed by atoms with van der Waals surface area (Å²) < 4.78 is 0. The molecule has 3 heteroatoms. The lowest BCUT2D eigenvalue weighted by Gasteiger charge is -2.28. The van der Waals surface area contributed by atoms with Crippen molar-refractivity contribution in [3.05, 3.63) is 70.8 Å². The first-order valence-electron chi connectivity index (χ1n) is 7.98. The fraction of sp³-hybridized carbons (Fsp3) is 0.316. The maximum absolute atomic E-state index is 12.3. The molecule has 0 bridgehead atoms. The van der Waals surface area contributed by atoms with Gasteiger partial charge in [0.1, 0.15) is 0 Å². The van der Waals surface area contributed by atoms with Crippen molar-refractivity contribution >= 4 is 5.91 Å². The van der Waals surface area contributed by atoms with E-state index in [9.17, 15) is 4.79 Å². The Morgan fingerprint density at radius 3 is 2.55 bits per heavy atom. The number of hydrazine groups is 1. The summed E-state index contributed by atoms with van der Waals surface area (Å²) in [5.74, 6) is -0.0255. The van der Waals surface area contributed by atoms with E-state index in [0.29, 0.717) is 0 Å². The number of benzene rings is 2. The van der Waals surface area contributed by atoms with Gasteiger partial charge in [-0.25, -0.2) is 5.01 Å². The van der Waals surface area contributed by atoms with Gasteiger partial charge in [-0.15, -0.1) is 0 Å². The second-order valence-electron chi connectivity index (χ2n) is 5.83. The lowest BCUT2D eigenvalue weighted by molar-refractivity contribution is 0.0764. The molecule has 0 atom stereocenters. The number of hydrogen-bond donors (Lipinski definition) is 1. The van der Waals surface area contributed by atoms with Crippen molar-refractivity contribution in [3.63, 3.8) is 0 Å². The molecule has 1 heterocycles. The molecule has 0 saturated carbocycles. The number of carbonyl (C=O) groups excluding carboxylic acids is 1. The standard InChI is InChI=1S/C19H22N2O/c1-2-5-15-8-10-17(11-9-15)19(22)20-21-13-12-16-6-3-4-7-18(16)14-21/h3-4,6-11H,2,5,12-14H2,1H3,(H,20,22). The molecule has 2 aromatic rings. The first-order chi connectivity index (χ1) is 10.8. The SMILES string of the molecule is CCCc1ccc(C(=O)NN2CCc3ccccc3C2)cc1. The normalized spacial score (nSPS) is 14.4. The summed E-state index contributed by atoms with van der Waals surface area (Å²) >= 11 is 0. The Balaban J connectivity index is 1.62. The van der Waals surface area contributed by atoms with Crippen molar-refractivity contribution in [1.82, 2.24) is 10.4 Å². The van der Waals surface area contributed by atoms with Crippen LogP contribution in [0.5, 0.6) is 0 Å². The van der Waals surface area contributed by atoms with E-state index in [4.69, 9.17) is 0 Å². The quantitative estimate of drug-likeness (QED) is 0.938. The van der Waals surface area contributed by atoms with Crippen LogP contribution in [0.15, 0.2) is 48.5 Å². The summed E-state index contributed by atoms with van der Waals surface area (Å²) in [6.07, 6.45) is 3.16. The highest BCUT2D eigenvalue weighted by Gasteiger charge is 2.17. The monoisotopic (exact) mass is 294 g/mol. The maximum Gasteiger partial charge on any atom is 0.265 e. The van der Waals surface area contributed by atoms with Gasteiger partial charge >= 0.3 is 0 Å². The van der Waals surface area contributed by atoms with Crippen LogP contribution in [0.1, 0.15) is 40.4 Å². The molecule has 1 aliphatic heterocycles. The Labute approximate surface area is 131 Å². The molecule has 0 radical (unpaired) electrons. The molecule has 0 saturated heterocycles. The summed E-state index contributed by atoms with van der Waals surface area (Å²) in [7, 11) is 0. The Kier molecular flexibility index (Phi) is 4.54. The number of amides is 1. The fourth-order valence-corrected chi connectivity index (χ4v) is 2.91. The summed E-state index contributed by atoms with van der Waals surface area (Å²) in [6.45, 7) is 3.79. The average Bonchev–Trinajstić information content (AvgIpc) is 2.56.